The average Bonchev–Trinajstić information content (AvgIpc) is 2.98. The molecule has 2 rings (SSSR count). The lowest BCUT2D eigenvalue weighted by atomic mass is 9.99. The second-order valence-corrected chi connectivity index (χ2v) is 6.97. The Hall–Kier alpha value is -0.920. The number of rotatable bonds is 6. The van der Waals surface area contributed by atoms with E-state index in [2.05, 4.69) is 17.3 Å². The van der Waals surface area contributed by atoms with Crippen LogP contribution in [0.15, 0.2) is 17.3 Å². The molecule has 1 fully saturated rings. The maximum Gasteiger partial charge on any atom is 0.178 e. The van der Waals surface area contributed by atoms with Gasteiger partial charge in [-0.25, -0.2) is 8.42 Å². The monoisotopic (exact) mass is 287 g/mol. The minimum Gasteiger partial charge on any atom is -0.381 e. The summed E-state index contributed by atoms with van der Waals surface area (Å²) in [6.45, 7) is 5.17. The van der Waals surface area contributed by atoms with Crippen LogP contribution in [-0.4, -0.2) is 50.3 Å². The Morgan fingerprint density at radius 3 is 2.95 bits per heavy atom. The predicted octanol–water partition coefficient (Wildman–Crippen LogP) is 0.301. The highest BCUT2D eigenvalue weighted by Gasteiger charge is 2.25. The van der Waals surface area contributed by atoms with Crippen LogP contribution in [0.5, 0.6) is 0 Å². The smallest absolute Gasteiger partial charge is 0.178 e. The summed E-state index contributed by atoms with van der Waals surface area (Å²) in [5.74, 6) is 0.464. The van der Waals surface area contributed by atoms with Crippen molar-refractivity contribution in [3.63, 3.8) is 0 Å². The van der Waals surface area contributed by atoms with Crippen molar-refractivity contribution in [3.8, 4) is 0 Å². The van der Waals surface area contributed by atoms with E-state index in [0.717, 1.165) is 26.2 Å². The third-order valence-electron chi connectivity index (χ3n) is 3.42. The van der Waals surface area contributed by atoms with E-state index in [0.29, 0.717) is 12.5 Å². The van der Waals surface area contributed by atoms with Crippen LogP contribution < -0.4 is 5.32 Å². The summed E-state index contributed by atoms with van der Waals surface area (Å²) in [5, 5.41) is 7.56. The van der Waals surface area contributed by atoms with Crippen molar-refractivity contribution >= 4 is 9.84 Å². The Bertz CT molecular complexity index is 506. The van der Waals surface area contributed by atoms with Gasteiger partial charge in [-0.05, 0) is 13.0 Å². The highest BCUT2D eigenvalue weighted by Crippen LogP contribution is 2.18. The zero-order chi connectivity index (χ0) is 13.9. The van der Waals surface area contributed by atoms with Crippen LogP contribution >= 0.6 is 0 Å². The predicted molar refractivity (Wildman–Crippen MR) is 71.7 cm³/mol. The number of ether oxygens (including phenoxy) is 1. The highest BCUT2D eigenvalue weighted by atomic mass is 32.2. The van der Waals surface area contributed by atoms with Crippen LogP contribution in [0.3, 0.4) is 0 Å². The normalized spacial score (nSPS) is 21.7. The number of aromatic nitrogens is 2. The molecule has 1 aromatic rings. The Morgan fingerprint density at radius 1 is 1.63 bits per heavy atom. The molecule has 108 valence electrons. The van der Waals surface area contributed by atoms with Gasteiger partial charge in [-0.2, -0.15) is 5.10 Å². The molecule has 1 N–H and O–H groups in total. The van der Waals surface area contributed by atoms with Gasteiger partial charge in [0.15, 0.2) is 9.84 Å². The maximum atomic E-state index is 11.4. The minimum atomic E-state index is -3.18. The Kier molecular flexibility index (Phi) is 4.59. The number of nitrogens with one attached hydrogen (secondary N) is 1. The zero-order valence-corrected chi connectivity index (χ0v) is 12.2. The van der Waals surface area contributed by atoms with Crippen molar-refractivity contribution in [2.75, 3.05) is 26.0 Å². The lowest BCUT2D eigenvalue weighted by Crippen LogP contribution is -2.40. The molecule has 7 heteroatoms. The molecule has 0 aliphatic carbocycles. The fourth-order valence-electron chi connectivity index (χ4n) is 2.35. The summed E-state index contributed by atoms with van der Waals surface area (Å²) in [5.41, 5.74) is 0. The number of hydrogen-bond acceptors (Lipinski definition) is 5. The molecule has 19 heavy (non-hydrogen) atoms. The first-order valence-corrected chi connectivity index (χ1v) is 8.43. The summed E-state index contributed by atoms with van der Waals surface area (Å²) in [7, 11) is -3.18. The first-order valence-electron chi connectivity index (χ1n) is 6.54. The van der Waals surface area contributed by atoms with Crippen LogP contribution in [0.4, 0.5) is 0 Å². The van der Waals surface area contributed by atoms with Crippen molar-refractivity contribution < 1.29 is 13.2 Å². The molecule has 0 bridgehead atoms. The quantitative estimate of drug-likeness (QED) is 0.815. The van der Waals surface area contributed by atoms with Gasteiger partial charge in [0.05, 0.1) is 19.3 Å². The van der Waals surface area contributed by atoms with Crippen molar-refractivity contribution in [2.24, 2.45) is 5.92 Å². The molecule has 2 heterocycles. The molecule has 6 nitrogen and oxygen atoms in total. The van der Waals surface area contributed by atoms with E-state index < -0.39 is 9.84 Å². The first kappa shape index (κ1) is 14.5. The van der Waals surface area contributed by atoms with Crippen LogP contribution in [0.1, 0.15) is 13.3 Å². The fourth-order valence-corrected chi connectivity index (χ4v) is 2.90. The van der Waals surface area contributed by atoms with E-state index in [1.54, 1.807) is 10.9 Å². The molecule has 0 amide bonds. The molecule has 1 aromatic heterocycles. The van der Waals surface area contributed by atoms with Crippen LogP contribution in [0.2, 0.25) is 0 Å². The second kappa shape index (κ2) is 6.02. The van der Waals surface area contributed by atoms with Gasteiger partial charge in [0.2, 0.25) is 0 Å². The number of hydrogen-bond donors (Lipinski definition) is 1. The molecule has 0 aromatic carbocycles. The summed E-state index contributed by atoms with van der Waals surface area (Å²) >= 11 is 0. The zero-order valence-electron chi connectivity index (χ0n) is 11.4. The molecule has 1 saturated heterocycles. The van der Waals surface area contributed by atoms with Gasteiger partial charge >= 0.3 is 0 Å². The molecular formula is C12H21N3O3S. The van der Waals surface area contributed by atoms with Gasteiger partial charge in [-0.1, -0.05) is 6.92 Å². The fraction of sp³-hybridized carbons (Fsp3) is 0.750. The number of sulfone groups is 1. The van der Waals surface area contributed by atoms with Crippen LogP contribution in [-0.2, 0) is 21.1 Å². The third kappa shape index (κ3) is 3.77. The molecular weight excluding hydrogens is 266 g/mol. The second-order valence-electron chi connectivity index (χ2n) is 4.96. The van der Waals surface area contributed by atoms with Gasteiger partial charge < -0.3 is 10.1 Å². The molecule has 1 aliphatic rings. The van der Waals surface area contributed by atoms with Crippen molar-refractivity contribution in [3.05, 3.63) is 12.4 Å². The summed E-state index contributed by atoms with van der Waals surface area (Å²) in [6.07, 6.45) is 5.23. The molecule has 0 spiro atoms. The summed E-state index contributed by atoms with van der Waals surface area (Å²) in [6, 6.07) is 0.264. The standard InChI is InChI=1S/C12H21N3O3S/c1-3-13-12(10-4-5-18-9-10)8-15-7-11(6-14-15)19(2,16)17/h6-7,10,12-13H,3-5,8-9H2,1-2H3. The maximum absolute atomic E-state index is 11.4. The van der Waals surface area contributed by atoms with Crippen molar-refractivity contribution in [1.29, 1.82) is 0 Å². The number of nitrogens with zero attached hydrogens (tertiary/aromatic N) is 2. The molecule has 0 radical (unpaired) electrons. The minimum absolute atomic E-state index is 0.264. The molecule has 2 unspecified atom stereocenters. The van der Waals surface area contributed by atoms with Crippen molar-refractivity contribution in [1.82, 2.24) is 15.1 Å². The van der Waals surface area contributed by atoms with E-state index in [-0.39, 0.29) is 10.9 Å². The van der Waals surface area contributed by atoms with Gasteiger partial charge in [0, 0.05) is 31.0 Å². The lowest BCUT2D eigenvalue weighted by molar-refractivity contribution is 0.173. The van der Waals surface area contributed by atoms with Gasteiger partial charge in [-0.3, -0.25) is 4.68 Å². The Morgan fingerprint density at radius 2 is 2.42 bits per heavy atom. The molecule has 2 atom stereocenters. The SMILES string of the molecule is CCNC(Cn1cc(S(C)(=O)=O)cn1)C1CCOC1. The van der Waals surface area contributed by atoms with Crippen LogP contribution in [0.25, 0.3) is 0 Å². The van der Waals surface area contributed by atoms with E-state index in [4.69, 9.17) is 4.74 Å². The largest absolute Gasteiger partial charge is 0.381 e. The van der Waals surface area contributed by atoms with E-state index >= 15 is 0 Å². The van der Waals surface area contributed by atoms with Gasteiger partial charge in [0.1, 0.15) is 4.90 Å². The van der Waals surface area contributed by atoms with E-state index in [1.165, 1.54) is 12.5 Å². The lowest BCUT2D eigenvalue weighted by Gasteiger charge is -2.23. The molecule has 0 saturated carbocycles. The molecule has 1 aliphatic heterocycles. The van der Waals surface area contributed by atoms with E-state index in [1.807, 2.05) is 0 Å². The Balaban J connectivity index is 2.06. The third-order valence-corrected chi connectivity index (χ3v) is 4.49. The van der Waals surface area contributed by atoms with Gasteiger partial charge in [-0.15, -0.1) is 0 Å². The van der Waals surface area contributed by atoms with E-state index in [9.17, 15) is 8.42 Å². The average molecular weight is 287 g/mol. The summed E-state index contributed by atoms with van der Waals surface area (Å²) < 4.78 is 30.0. The number of likely N-dealkylation sites (N-methyl/N-ethyl adjacent to an activating group) is 1. The van der Waals surface area contributed by atoms with Gasteiger partial charge in [0.25, 0.3) is 0 Å². The topological polar surface area (TPSA) is 73.2 Å². The van der Waals surface area contributed by atoms with Crippen LogP contribution in [0, 0.1) is 5.92 Å². The Labute approximate surface area is 114 Å². The summed E-state index contributed by atoms with van der Waals surface area (Å²) in [4.78, 5) is 0.269. The van der Waals surface area contributed by atoms with Crippen molar-refractivity contribution in [2.45, 2.75) is 30.8 Å². The first-order chi connectivity index (χ1) is 9.00. The highest BCUT2D eigenvalue weighted by molar-refractivity contribution is 7.90.